The van der Waals surface area contributed by atoms with Crippen molar-refractivity contribution >= 4 is 9.14 Å². The molecule has 1 heteroatoms. The Morgan fingerprint density at radius 1 is 1.20 bits per heavy atom. The Morgan fingerprint density at radius 3 is 1.60 bits per heavy atom. The second-order valence-corrected chi connectivity index (χ2v) is 4.31. The van der Waals surface area contributed by atoms with E-state index in [1.807, 2.05) is 0 Å². The Hall–Kier alpha value is 0.376. The molecule has 32 valence electrons. The van der Waals surface area contributed by atoms with E-state index in [4.69, 9.17) is 0 Å². The fourth-order valence-electron chi connectivity index (χ4n) is 0.118. The average Bonchev–Trinajstić information content (AvgIpc) is 1.41. The van der Waals surface area contributed by atoms with Gasteiger partial charge in [-0.25, -0.2) is 0 Å². The van der Waals surface area contributed by atoms with Crippen molar-refractivity contribution in [2.45, 2.75) is 13.8 Å². The molecule has 5 heavy (non-hydrogen) atoms. The number of hydrogen-bond donors (Lipinski definition) is 0. The molecule has 0 aliphatic carbocycles. The van der Waals surface area contributed by atoms with Crippen LogP contribution < -0.4 is 0 Å². The molecule has 0 saturated carbocycles. The Kier molecular flexibility index (Phi) is 4.71. The molecule has 0 radical (unpaired) electrons. The van der Waals surface area contributed by atoms with Crippen molar-refractivity contribution in [2.24, 2.45) is 0 Å². The van der Waals surface area contributed by atoms with E-state index in [0.717, 1.165) is 0 Å². The van der Waals surface area contributed by atoms with Crippen LogP contribution in [0.15, 0.2) is 0 Å². The van der Waals surface area contributed by atoms with Gasteiger partial charge >= 0.3 is 39.5 Å². The third-order valence-electron chi connectivity index (χ3n) is 0.236. The van der Waals surface area contributed by atoms with Gasteiger partial charge < -0.3 is 0 Å². The first-order chi connectivity index (χ1) is 2.41. The summed E-state index contributed by atoms with van der Waals surface area (Å²) in [4.78, 5) is 0. The molecule has 0 fully saturated rings. The van der Waals surface area contributed by atoms with Gasteiger partial charge in [0.1, 0.15) is 0 Å². The van der Waals surface area contributed by atoms with Crippen LogP contribution in [0.5, 0.6) is 0 Å². The summed E-state index contributed by atoms with van der Waals surface area (Å²) in [5.74, 6) is 0. The van der Waals surface area contributed by atoms with Gasteiger partial charge in [0, 0.05) is 0 Å². The molecule has 0 heterocycles. The van der Waals surface area contributed by atoms with Gasteiger partial charge in [0.25, 0.3) is 0 Å². The van der Waals surface area contributed by atoms with Crippen LogP contribution in [0.2, 0.25) is 0 Å². The molecule has 0 rings (SSSR count). The van der Waals surface area contributed by atoms with E-state index in [1.54, 1.807) is 0 Å². The van der Waals surface area contributed by atoms with Gasteiger partial charge in [-0.15, -0.1) is 0 Å². The fourth-order valence-corrected chi connectivity index (χ4v) is 0.965. The SMILES string of the molecule is C[CH]=[Os]=[CH]C. The Bertz CT molecular complexity index is 52.0. The van der Waals surface area contributed by atoms with E-state index >= 15 is 0 Å². The van der Waals surface area contributed by atoms with Crippen LogP contribution in [-0.2, 0) is 16.5 Å². The summed E-state index contributed by atoms with van der Waals surface area (Å²) in [6, 6.07) is 0. The topological polar surface area (TPSA) is 0 Å². The van der Waals surface area contributed by atoms with Gasteiger partial charge in [-0.3, -0.25) is 0 Å². The number of rotatable bonds is 0. The second kappa shape index (κ2) is 4.38. The molecule has 0 N–H and O–H groups in total. The van der Waals surface area contributed by atoms with Gasteiger partial charge in [-0.05, 0) is 0 Å². The molecule has 0 saturated heterocycles. The van der Waals surface area contributed by atoms with Crippen LogP contribution in [0.4, 0.5) is 0 Å². The average molecular weight is 246 g/mol. The second-order valence-electron chi connectivity index (χ2n) is 0.526. The van der Waals surface area contributed by atoms with Crippen LogP contribution in [0.1, 0.15) is 13.8 Å². The molecule has 0 aromatic rings. The van der Waals surface area contributed by atoms with E-state index in [2.05, 4.69) is 23.0 Å². The van der Waals surface area contributed by atoms with Crippen LogP contribution >= 0.6 is 0 Å². The zero-order valence-corrected chi connectivity index (χ0v) is 6.05. The van der Waals surface area contributed by atoms with Crippen LogP contribution in [0.25, 0.3) is 0 Å². The molecule has 0 bridgehead atoms. The Morgan fingerprint density at radius 2 is 1.60 bits per heavy atom. The zero-order chi connectivity index (χ0) is 4.12. The molecule has 0 nitrogen and oxygen atoms in total. The Labute approximate surface area is 40.0 Å². The van der Waals surface area contributed by atoms with E-state index in [1.165, 1.54) is 0 Å². The fraction of sp³-hybridized carbons (Fsp3) is 0.500. The quantitative estimate of drug-likeness (QED) is 0.591. The summed E-state index contributed by atoms with van der Waals surface area (Å²) < 4.78 is 4.53. The first-order valence-corrected chi connectivity index (χ1v) is 4.50. The van der Waals surface area contributed by atoms with E-state index in [-0.39, 0.29) is 16.5 Å². The first-order valence-electron chi connectivity index (χ1n) is 1.56. The summed E-state index contributed by atoms with van der Waals surface area (Å²) in [5, 5.41) is 0. The molecule has 0 aliphatic heterocycles. The summed E-state index contributed by atoms with van der Waals surface area (Å²) in [7, 11) is 0. The van der Waals surface area contributed by atoms with Crippen molar-refractivity contribution < 1.29 is 16.5 Å². The molecular weight excluding hydrogens is 238 g/mol. The molecule has 0 spiro atoms. The van der Waals surface area contributed by atoms with Crippen LogP contribution in [0, 0.1) is 0 Å². The van der Waals surface area contributed by atoms with Crippen molar-refractivity contribution in [3.63, 3.8) is 0 Å². The normalized spacial score (nSPS) is 6.80. The van der Waals surface area contributed by atoms with Crippen molar-refractivity contribution in [1.82, 2.24) is 0 Å². The molecule has 0 aromatic heterocycles. The van der Waals surface area contributed by atoms with E-state index < -0.39 is 0 Å². The summed E-state index contributed by atoms with van der Waals surface area (Å²) in [6.07, 6.45) is 0. The summed E-state index contributed by atoms with van der Waals surface area (Å²) in [5.41, 5.74) is 0. The summed E-state index contributed by atoms with van der Waals surface area (Å²) in [6.45, 7) is 4.23. The molecule has 0 atom stereocenters. The van der Waals surface area contributed by atoms with Gasteiger partial charge in [0.2, 0.25) is 0 Å². The molecule has 0 amide bonds. The molecule has 0 aromatic carbocycles. The van der Waals surface area contributed by atoms with E-state index in [0.29, 0.717) is 0 Å². The standard InChI is InChI=1S/2C2H4.Os/c2*1-2;/h2*1H,2H3;. The van der Waals surface area contributed by atoms with Crippen LogP contribution in [-0.4, -0.2) is 9.14 Å². The predicted octanol–water partition coefficient (Wildman–Crippen LogP) is 0.713. The first kappa shape index (κ1) is 5.38. The number of hydrogen-bond acceptors (Lipinski definition) is 0. The third kappa shape index (κ3) is 4.38. The van der Waals surface area contributed by atoms with Crippen molar-refractivity contribution in [2.75, 3.05) is 0 Å². The van der Waals surface area contributed by atoms with Crippen molar-refractivity contribution in [3.05, 3.63) is 0 Å². The monoisotopic (exact) mass is 248 g/mol. The zero-order valence-electron chi connectivity index (χ0n) is 3.51. The third-order valence-corrected chi connectivity index (χ3v) is 1.93. The maximum atomic E-state index is 2.26. The minimum absolute atomic E-state index is 0.182. The van der Waals surface area contributed by atoms with Crippen LogP contribution in [0.3, 0.4) is 0 Å². The van der Waals surface area contributed by atoms with E-state index in [9.17, 15) is 0 Å². The van der Waals surface area contributed by atoms with Crippen molar-refractivity contribution in [1.29, 1.82) is 0 Å². The van der Waals surface area contributed by atoms with Crippen molar-refractivity contribution in [3.8, 4) is 0 Å². The minimum atomic E-state index is 0.182. The maximum absolute atomic E-state index is 2.26. The summed E-state index contributed by atoms with van der Waals surface area (Å²) >= 11 is 0.182. The molecule has 0 aliphatic rings. The van der Waals surface area contributed by atoms with Gasteiger partial charge in [0.05, 0.1) is 0 Å². The van der Waals surface area contributed by atoms with Gasteiger partial charge in [0.15, 0.2) is 0 Å². The van der Waals surface area contributed by atoms with Gasteiger partial charge in [-0.1, -0.05) is 0 Å². The molecular formula is C4H8Os. The Balaban J connectivity index is 3.26. The molecule has 0 unspecified atom stereocenters. The van der Waals surface area contributed by atoms with Gasteiger partial charge in [-0.2, -0.15) is 0 Å². The predicted molar refractivity (Wildman–Crippen MR) is 23.5 cm³/mol.